The van der Waals surface area contributed by atoms with E-state index in [4.69, 9.17) is 14.0 Å². The maximum absolute atomic E-state index is 12.0. The van der Waals surface area contributed by atoms with Gasteiger partial charge in [-0.2, -0.15) is 0 Å². The normalized spacial score (nSPS) is 39.6. The maximum atomic E-state index is 12.0. The van der Waals surface area contributed by atoms with Gasteiger partial charge in [0.15, 0.2) is 0 Å². The van der Waals surface area contributed by atoms with Crippen molar-refractivity contribution in [2.75, 3.05) is 7.11 Å². The molecular weight excluding hydrogens is 281 g/mol. The third kappa shape index (κ3) is 2.59. The number of fused-ring (bicyclic) bond motifs is 1. The Kier molecular flexibility index (Phi) is 4.07. The number of ether oxygens (including phenoxy) is 1. The Morgan fingerprint density at radius 3 is 2.41 bits per heavy atom. The predicted molar refractivity (Wildman–Crippen MR) is 84.3 cm³/mol. The number of nitrogens with one attached hydrogen (secondary N) is 1. The summed E-state index contributed by atoms with van der Waals surface area (Å²) in [4.78, 5) is 12.0. The standard InChI is InChI=1S/C16H28BNO4/c1-15(2)16(3,4)22-17(21-15)12-9-10-7-6-8-11(13(10)18-12)14(19)20-5/h10-13,18H,6-9H2,1-5H3. The van der Waals surface area contributed by atoms with E-state index >= 15 is 0 Å². The van der Waals surface area contributed by atoms with Crippen LogP contribution in [0.4, 0.5) is 0 Å². The number of hydrogen-bond acceptors (Lipinski definition) is 5. The number of hydrogen-bond donors (Lipinski definition) is 1. The third-order valence-corrected chi connectivity index (χ3v) is 6.10. The summed E-state index contributed by atoms with van der Waals surface area (Å²) in [6.07, 6.45) is 4.19. The van der Waals surface area contributed by atoms with E-state index in [1.807, 2.05) is 0 Å². The fraction of sp³-hybridized carbons (Fsp3) is 0.938. The molecule has 2 heterocycles. The van der Waals surface area contributed by atoms with Gasteiger partial charge in [-0.3, -0.25) is 4.79 Å². The highest BCUT2D eigenvalue weighted by atomic mass is 16.7. The van der Waals surface area contributed by atoms with Crippen LogP contribution in [0.15, 0.2) is 0 Å². The highest BCUT2D eigenvalue weighted by Crippen LogP contribution is 2.42. The lowest BCUT2D eigenvalue weighted by atomic mass is 9.73. The van der Waals surface area contributed by atoms with Crippen molar-refractivity contribution in [3.63, 3.8) is 0 Å². The smallest absolute Gasteiger partial charge is 0.469 e. The van der Waals surface area contributed by atoms with Crippen LogP contribution in [0.5, 0.6) is 0 Å². The number of carbonyl (C=O) groups is 1. The van der Waals surface area contributed by atoms with Crippen LogP contribution in [0.3, 0.4) is 0 Å². The van der Waals surface area contributed by atoms with Crippen LogP contribution in [0.25, 0.3) is 0 Å². The first kappa shape index (κ1) is 16.3. The fourth-order valence-electron chi connectivity index (χ4n) is 4.10. The molecule has 0 radical (unpaired) electrons. The molecular formula is C16H28BNO4. The minimum atomic E-state index is -0.311. The summed E-state index contributed by atoms with van der Waals surface area (Å²) in [5.41, 5.74) is -0.621. The van der Waals surface area contributed by atoms with Gasteiger partial charge in [0.2, 0.25) is 0 Å². The second-order valence-corrected chi connectivity index (χ2v) is 7.98. The van der Waals surface area contributed by atoms with Crippen molar-refractivity contribution < 1.29 is 18.8 Å². The highest BCUT2D eigenvalue weighted by molar-refractivity contribution is 6.47. The van der Waals surface area contributed by atoms with Gasteiger partial charge in [-0.1, -0.05) is 6.42 Å². The third-order valence-electron chi connectivity index (χ3n) is 6.10. The Bertz CT molecular complexity index is 437. The van der Waals surface area contributed by atoms with Crippen molar-refractivity contribution in [2.45, 2.75) is 76.6 Å². The lowest BCUT2D eigenvalue weighted by Gasteiger charge is -2.32. The van der Waals surface area contributed by atoms with Crippen LogP contribution in [-0.4, -0.2) is 43.4 Å². The Labute approximate surface area is 133 Å². The lowest BCUT2D eigenvalue weighted by molar-refractivity contribution is -0.147. The molecule has 3 rings (SSSR count). The van der Waals surface area contributed by atoms with E-state index in [0.29, 0.717) is 5.92 Å². The van der Waals surface area contributed by atoms with Crippen LogP contribution in [0.1, 0.15) is 53.4 Å². The predicted octanol–water partition coefficient (Wildman–Crippen LogP) is 1.94. The molecule has 1 aliphatic carbocycles. The van der Waals surface area contributed by atoms with Gasteiger partial charge >= 0.3 is 13.1 Å². The van der Waals surface area contributed by atoms with Gasteiger partial charge in [-0.15, -0.1) is 0 Å². The van der Waals surface area contributed by atoms with Gasteiger partial charge in [0, 0.05) is 12.0 Å². The van der Waals surface area contributed by atoms with Crippen molar-refractivity contribution in [1.82, 2.24) is 5.32 Å². The van der Waals surface area contributed by atoms with E-state index < -0.39 is 0 Å². The fourth-order valence-corrected chi connectivity index (χ4v) is 4.10. The number of carbonyl (C=O) groups excluding carboxylic acids is 1. The first-order valence-electron chi connectivity index (χ1n) is 8.45. The molecule has 2 aliphatic heterocycles. The molecule has 6 heteroatoms. The van der Waals surface area contributed by atoms with Crippen molar-refractivity contribution in [1.29, 1.82) is 0 Å². The van der Waals surface area contributed by atoms with Gasteiger partial charge in [0.1, 0.15) is 0 Å². The van der Waals surface area contributed by atoms with Crippen LogP contribution >= 0.6 is 0 Å². The lowest BCUT2D eigenvalue weighted by Crippen LogP contribution is -2.48. The molecule has 5 nitrogen and oxygen atoms in total. The van der Waals surface area contributed by atoms with Crippen LogP contribution in [-0.2, 0) is 18.8 Å². The first-order chi connectivity index (χ1) is 10.2. The summed E-state index contributed by atoms with van der Waals surface area (Å²) >= 11 is 0. The zero-order valence-electron chi connectivity index (χ0n) is 14.3. The van der Waals surface area contributed by atoms with Gasteiger partial charge in [-0.25, -0.2) is 0 Å². The van der Waals surface area contributed by atoms with E-state index in [-0.39, 0.29) is 42.2 Å². The van der Waals surface area contributed by atoms with E-state index in [0.717, 1.165) is 19.3 Å². The van der Waals surface area contributed by atoms with Crippen molar-refractivity contribution >= 4 is 13.1 Å². The van der Waals surface area contributed by atoms with Crippen LogP contribution in [0.2, 0.25) is 0 Å². The molecule has 0 amide bonds. The summed E-state index contributed by atoms with van der Waals surface area (Å²) in [6, 6.07) is 0.199. The van der Waals surface area contributed by atoms with Gasteiger partial charge in [0.05, 0.1) is 24.2 Å². The molecule has 4 unspecified atom stereocenters. The van der Waals surface area contributed by atoms with Gasteiger partial charge in [0.25, 0.3) is 0 Å². The highest BCUT2D eigenvalue weighted by Gasteiger charge is 2.57. The van der Waals surface area contributed by atoms with Crippen LogP contribution < -0.4 is 5.32 Å². The zero-order valence-corrected chi connectivity index (χ0v) is 14.3. The topological polar surface area (TPSA) is 56.8 Å². The summed E-state index contributed by atoms with van der Waals surface area (Å²) < 4.78 is 17.3. The summed E-state index contributed by atoms with van der Waals surface area (Å²) in [5.74, 6) is 0.552. The Balaban J connectivity index is 1.71. The second-order valence-electron chi connectivity index (χ2n) is 7.98. The second kappa shape index (κ2) is 5.50. The van der Waals surface area contributed by atoms with E-state index in [1.165, 1.54) is 13.5 Å². The molecule has 4 atom stereocenters. The molecule has 0 aromatic rings. The molecule has 22 heavy (non-hydrogen) atoms. The van der Waals surface area contributed by atoms with E-state index in [1.54, 1.807) is 0 Å². The molecule has 2 saturated heterocycles. The quantitative estimate of drug-likeness (QED) is 0.624. The molecule has 0 spiro atoms. The molecule has 1 N–H and O–H groups in total. The summed E-state index contributed by atoms with van der Waals surface area (Å²) in [5, 5.41) is 3.62. The van der Waals surface area contributed by atoms with Crippen molar-refractivity contribution in [3.05, 3.63) is 0 Å². The zero-order chi connectivity index (χ0) is 16.1. The van der Waals surface area contributed by atoms with Gasteiger partial charge < -0.3 is 19.4 Å². The molecule has 124 valence electrons. The van der Waals surface area contributed by atoms with Crippen molar-refractivity contribution in [2.24, 2.45) is 11.8 Å². The number of esters is 1. The van der Waals surface area contributed by atoms with E-state index in [9.17, 15) is 4.79 Å². The van der Waals surface area contributed by atoms with E-state index in [2.05, 4.69) is 33.0 Å². The maximum Gasteiger partial charge on any atom is 0.476 e. The monoisotopic (exact) mass is 309 g/mol. The molecule has 0 bridgehead atoms. The average molecular weight is 309 g/mol. The largest absolute Gasteiger partial charge is 0.476 e. The SMILES string of the molecule is COC(=O)C1CCCC2CC(B3OC(C)(C)C(C)(C)O3)NC21. The summed E-state index contributed by atoms with van der Waals surface area (Å²) in [6.45, 7) is 8.30. The summed E-state index contributed by atoms with van der Waals surface area (Å²) in [7, 11) is 1.24. The van der Waals surface area contributed by atoms with Gasteiger partial charge in [-0.05, 0) is 52.9 Å². The number of methoxy groups -OCH3 is 1. The molecule has 3 fully saturated rings. The number of rotatable bonds is 2. The molecule has 3 aliphatic rings. The molecule has 0 aromatic carbocycles. The molecule has 1 saturated carbocycles. The Morgan fingerprint density at radius 1 is 1.18 bits per heavy atom. The average Bonchev–Trinajstić information content (AvgIpc) is 2.96. The Morgan fingerprint density at radius 2 is 1.82 bits per heavy atom. The van der Waals surface area contributed by atoms with Crippen molar-refractivity contribution in [3.8, 4) is 0 Å². The minimum absolute atomic E-state index is 0.0313. The Hall–Kier alpha value is -0.585. The molecule has 0 aromatic heterocycles. The minimum Gasteiger partial charge on any atom is -0.469 e. The van der Waals surface area contributed by atoms with Crippen LogP contribution in [0, 0.1) is 11.8 Å². The first-order valence-corrected chi connectivity index (χ1v) is 8.45.